The Labute approximate surface area is 121 Å². The molecule has 0 aromatic carbocycles. The fourth-order valence-electron chi connectivity index (χ4n) is 2.23. The molecule has 6 unspecified atom stereocenters. The van der Waals surface area contributed by atoms with Crippen LogP contribution in [0.25, 0.3) is 0 Å². The summed E-state index contributed by atoms with van der Waals surface area (Å²) in [6.07, 6.45) is -7.02. The summed E-state index contributed by atoms with van der Waals surface area (Å²) in [5.74, 6) is -3.87. The molecule has 0 radical (unpaired) electrons. The zero-order valence-electron chi connectivity index (χ0n) is 11.8. The third kappa shape index (κ3) is 3.96. The SMILES string of the molecule is CC(=O)NC1C(O)CC(O)(C(C)=O)OC(CO)C(O)C1O. The van der Waals surface area contributed by atoms with E-state index in [0.29, 0.717) is 0 Å². The van der Waals surface area contributed by atoms with E-state index in [1.54, 1.807) is 0 Å². The highest BCUT2D eigenvalue weighted by molar-refractivity contribution is 5.83. The van der Waals surface area contributed by atoms with Gasteiger partial charge in [0.1, 0.15) is 18.3 Å². The number of ketones is 1. The predicted octanol–water partition coefficient (Wildman–Crippen LogP) is -3.37. The second kappa shape index (κ2) is 6.77. The molecule has 1 aliphatic rings. The predicted molar refractivity (Wildman–Crippen MR) is 67.8 cm³/mol. The van der Waals surface area contributed by atoms with Crippen molar-refractivity contribution in [1.82, 2.24) is 5.32 Å². The van der Waals surface area contributed by atoms with E-state index in [0.717, 1.165) is 13.8 Å². The molecule has 21 heavy (non-hydrogen) atoms. The summed E-state index contributed by atoms with van der Waals surface area (Å²) in [6.45, 7) is 1.37. The van der Waals surface area contributed by atoms with E-state index in [4.69, 9.17) is 4.74 Å². The van der Waals surface area contributed by atoms with Crippen LogP contribution in [0.3, 0.4) is 0 Å². The third-order valence-corrected chi connectivity index (χ3v) is 3.45. The third-order valence-electron chi connectivity index (χ3n) is 3.45. The molecule has 1 saturated heterocycles. The first-order chi connectivity index (χ1) is 9.62. The molecule has 0 bridgehead atoms. The molecule has 6 atom stereocenters. The number of hydrogen-bond donors (Lipinski definition) is 6. The summed E-state index contributed by atoms with van der Waals surface area (Å²) in [4.78, 5) is 22.6. The second-order valence-electron chi connectivity index (χ2n) is 5.16. The molecular weight excluding hydrogens is 286 g/mol. The van der Waals surface area contributed by atoms with Crippen molar-refractivity contribution in [1.29, 1.82) is 0 Å². The molecule has 9 heteroatoms. The molecule has 0 aliphatic carbocycles. The number of aliphatic hydroxyl groups is 5. The monoisotopic (exact) mass is 307 g/mol. The molecule has 1 aliphatic heterocycles. The standard InChI is InChI=1S/C12H21NO8/c1-5(15)12(20)3-7(17)9(13-6(2)16)11(19)10(18)8(4-14)21-12/h7-11,14,17-20H,3-4H2,1-2H3,(H,13,16). The Hall–Kier alpha value is -1.10. The molecular formula is C12H21NO8. The number of nitrogens with one attached hydrogen (secondary N) is 1. The average molecular weight is 307 g/mol. The fourth-order valence-corrected chi connectivity index (χ4v) is 2.23. The van der Waals surface area contributed by atoms with E-state index in [9.17, 15) is 35.1 Å². The molecule has 1 fully saturated rings. The molecule has 1 rings (SSSR count). The highest BCUT2D eigenvalue weighted by Gasteiger charge is 2.48. The average Bonchev–Trinajstić information content (AvgIpc) is 2.39. The second-order valence-corrected chi connectivity index (χ2v) is 5.16. The van der Waals surface area contributed by atoms with Gasteiger partial charge in [-0.1, -0.05) is 0 Å². The van der Waals surface area contributed by atoms with Crippen LogP contribution < -0.4 is 5.32 Å². The summed E-state index contributed by atoms with van der Waals surface area (Å²) >= 11 is 0. The van der Waals surface area contributed by atoms with Gasteiger partial charge in [0.15, 0.2) is 5.78 Å². The number of amides is 1. The number of hydrogen-bond acceptors (Lipinski definition) is 8. The van der Waals surface area contributed by atoms with Gasteiger partial charge in [0.05, 0.1) is 18.8 Å². The van der Waals surface area contributed by atoms with E-state index < -0.39 is 61.0 Å². The lowest BCUT2D eigenvalue weighted by atomic mass is 9.89. The largest absolute Gasteiger partial charge is 0.394 e. The minimum atomic E-state index is -2.44. The van der Waals surface area contributed by atoms with Gasteiger partial charge in [0, 0.05) is 20.3 Å². The Kier molecular flexibility index (Phi) is 5.79. The normalized spacial score (nSPS) is 41.0. The maximum atomic E-state index is 11.5. The number of carbonyl (C=O) groups is 2. The minimum Gasteiger partial charge on any atom is -0.394 e. The maximum Gasteiger partial charge on any atom is 0.229 e. The van der Waals surface area contributed by atoms with Gasteiger partial charge < -0.3 is 35.6 Å². The fraction of sp³-hybridized carbons (Fsp3) is 0.833. The first kappa shape index (κ1) is 18.0. The topological polar surface area (TPSA) is 157 Å². The van der Waals surface area contributed by atoms with Crippen LogP contribution in [0.15, 0.2) is 0 Å². The van der Waals surface area contributed by atoms with Gasteiger partial charge in [-0.3, -0.25) is 9.59 Å². The van der Waals surface area contributed by atoms with Crippen LogP contribution in [0.1, 0.15) is 20.3 Å². The quantitative estimate of drug-likeness (QED) is 0.315. The van der Waals surface area contributed by atoms with Crippen LogP contribution in [-0.4, -0.2) is 80.1 Å². The van der Waals surface area contributed by atoms with Gasteiger partial charge >= 0.3 is 0 Å². The molecule has 0 saturated carbocycles. The number of carbonyl (C=O) groups excluding carboxylic acids is 2. The van der Waals surface area contributed by atoms with Crippen LogP contribution in [0, 0.1) is 0 Å². The van der Waals surface area contributed by atoms with Crippen LogP contribution in [0.5, 0.6) is 0 Å². The molecule has 0 spiro atoms. The lowest BCUT2D eigenvalue weighted by molar-refractivity contribution is -0.270. The molecule has 0 aromatic rings. The number of Topliss-reactive ketones (excluding diaryl/α,β-unsaturated/α-hetero) is 1. The van der Waals surface area contributed by atoms with Crippen molar-refractivity contribution in [3.05, 3.63) is 0 Å². The Morgan fingerprint density at radius 1 is 1.24 bits per heavy atom. The van der Waals surface area contributed by atoms with E-state index >= 15 is 0 Å². The molecule has 6 N–H and O–H groups in total. The highest BCUT2D eigenvalue weighted by Crippen LogP contribution is 2.27. The zero-order valence-corrected chi connectivity index (χ0v) is 11.8. The highest BCUT2D eigenvalue weighted by atomic mass is 16.6. The van der Waals surface area contributed by atoms with Crippen LogP contribution in [-0.2, 0) is 14.3 Å². The van der Waals surface area contributed by atoms with Gasteiger partial charge in [-0.05, 0) is 0 Å². The van der Waals surface area contributed by atoms with Crippen molar-refractivity contribution in [3.63, 3.8) is 0 Å². The van der Waals surface area contributed by atoms with Gasteiger partial charge in [-0.15, -0.1) is 0 Å². The summed E-state index contributed by atoms with van der Waals surface area (Å²) in [7, 11) is 0. The van der Waals surface area contributed by atoms with Gasteiger partial charge in [-0.25, -0.2) is 0 Å². The van der Waals surface area contributed by atoms with Crippen molar-refractivity contribution < 1.29 is 39.9 Å². The zero-order chi connectivity index (χ0) is 16.4. The Morgan fingerprint density at radius 3 is 2.24 bits per heavy atom. The van der Waals surface area contributed by atoms with Crippen molar-refractivity contribution in [3.8, 4) is 0 Å². The number of aliphatic hydroxyl groups excluding tert-OH is 4. The van der Waals surface area contributed by atoms with Gasteiger partial charge in [0.2, 0.25) is 11.7 Å². The van der Waals surface area contributed by atoms with E-state index in [1.165, 1.54) is 0 Å². The molecule has 0 aromatic heterocycles. The molecule has 1 heterocycles. The lowest BCUT2D eigenvalue weighted by Gasteiger charge is -2.41. The molecule has 1 amide bonds. The van der Waals surface area contributed by atoms with E-state index in [-0.39, 0.29) is 0 Å². The number of ether oxygens (including phenoxy) is 1. The summed E-state index contributed by atoms with van der Waals surface area (Å²) < 4.78 is 4.97. The van der Waals surface area contributed by atoms with Gasteiger partial charge in [-0.2, -0.15) is 0 Å². The number of rotatable bonds is 3. The Balaban J connectivity index is 3.15. The smallest absolute Gasteiger partial charge is 0.229 e. The van der Waals surface area contributed by atoms with E-state index in [1.807, 2.05) is 0 Å². The summed E-state index contributed by atoms with van der Waals surface area (Å²) in [5, 5.41) is 51.5. The minimum absolute atomic E-state index is 0.585. The first-order valence-corrected chi connectivity index (χ1v) is 6.45. The summed E-state index contributed by atoms with van der Waals surface area (Å²) in [5.41, 5.74) is 0. The van der Waals surface area contributed by atoms with Crippen molar-refractivity contribution in [2.75, 3.05) is 6.61 Å². The van der Waals surface area contributed by atoms with E-state index in [2.05, 4.69) is 5.32 Å². The van der Waals surface area contributed by atoms with Crippen LogP contribution in [0.4, 0.5) is 0 Å². The van der Waals surface area contributed by atoms with Crippen molar-refractivity contribution in [2.24, 2.45) is 0 Å². The van der Waals surface area contributed by atoms with Crippen LogP contribution >= 0.6 is 0 Å². The van der Waals surface area contributed by atoms with Gasteiger partial charge in [0.25, 0.3) is 0 Å². The van der Waals surface area contributed by atoms with Crippen LogP contribution in [0.2, 0.25) is 0 Å². The summed E-state index contributed by atoms with van der Waals surface area (Å²) in [6, 6.07) is -1.33. The van der Waals surface area contributed by atoms with Crippen molar-refractivity contribution in [2.45, 2.75) is 56.5 Å². The molecule has 122 valence electrons. The van der Waals surface area contributed by atoms with Crippen molar-refractivity contribution >= 4 is 11.7 Å². The maximum absolute atomic E-state index is 11.5. The lowest BCUT2D eigenvalue weighted by Crippen LogP contribution is -2.63. The first-order valence-electron chi connectivity index (χ1n) is 6.45. The Morgan fingerprint density at radius 2 is 1.81 bits per heavy atom. The molecule has 9 nitrogen and oxygen atoms in total. The Bertz CT molecular complexity index is 401.